The maximum atomic E-state index is 12.5. The first-order valence-corrected chi connectivity index (χ1v) is 10.3. The van der Waals surface area contributed by atoms with Crippen molar-refractivity contribution in [1.29, 1.82) is 0 Å². The Balaban J connectivity index is 1.40. The fourth-order valence-corrected chi connectivity index (χ4v) is 3.36. The van der Waals surface area contributed by atoms with E-state index in [1.54, 1.807) is 13.3 Å². The molecule has 1 heterocycles. The third-order valence-corrected chi connectivity index (χ3v) is 5.09. The van der Waals surface area contributed by atoms with E-state index in [2.05, 4.69) is 21.5 Å². The molecule has 2 aromatic carbocycles. The van der Waals surface area contributed by atoms with Gasteiger partial charge in [0, 0.05) is 5.56 Å². The number of methoxy groups -OCH3 is 1. The van der Waals surface area contributed by atoms with E-state index in [9.17, 15) is 4.79 Å². The quantitative estimate of drug-likeness (QED) is 0.521. The van der Waals surface area contributed by atoms with Gasteiger partial charge in [-0.25, -0.2) is 10.5 Å². The zero-order chi connectivity index (χ0) is 21.6. The van der Waals surface area contributed by atoms with Crippen LogP contribution in [0.2, 0.25) is 0 Å². The number of hydrogen-bond acceptors (Lipinski definition) is 6. The fourth-order valence-electron chi connectivity index (χ4n) is 3.36. The summed E-state index contributed by atoms with van der Waals surface area (Å²) in [5, 5.41) is 0. The Morgan fingerprint density at radius 2 is 1.87 bits per heavy atom. The predicted octanol–water partition coefficient (Wildman–Crippen LogP) is 4.29. The molecule has 7 heteroatoms. The summed E-state index contributed by atoms with van der Waals surface area (Å²) in [5.74, 6) is 1.67. The first-order chi connectivity index (χ1) is 15.2. The third-order valence-electron chi connectivity index (χ3n) is 5.09. The van der Waals surface area contributed by atoms with E-state index in [1.165, 1.54) is 24.6 Å². The van der Waals surface area contributed by atoms with Crippen LogP contribution >= 0.6 is 0 Å². The summed E-state index contributed by atoms with van der Waals surface area (Å²) in [6.45, 7) is 2.79. The average molecular weight is 419 g/mol. The molecule has 0 bridgehead atoms. The fraction of sp³-hybridized carbons (Fsp3) is 0.292. The Bertz CT molecular complexity index is 1050. The van der Waals surface area contributed by atoms with Gasteiger partial charge in [-0.3, -0.25) is 14.6 Å². The van der Waals surface area contributed by atoms with Gasteiger partial charge in [-0.05, 0) is 73.2 Å². The Morgan fingerprint density at radius 1 is 1.10 bits per heavy atom. The molecule has 0 unspecified atom stereocenters. The molecule has 1 N–H and O–H groups in total. The zero-order valence-corrected chi connectivity index (χ0v) is 17.6. The van der Waals surface area contributed by atoms with E-state index in [1.807, 2.05) is 43.3 Å². The lowest BCUT2D eigenvalue weighted by atomic mass is 10.0. The maximum Gasteiger partial charge on any atom is 0.295 e. The smallest absolute Gasteiger partial charge is 0.295 e. The summed E-state index contributed by atoms with van der Waals surface area (Å²) in [5.41, 5.74) is 6.35. The van der Waals surface area contributed by atoms with E-state index in [0.717, 1.165) is 22.6 Å². The van der Waals surface area contributed by atoms with Crippen LogP contribution in [0, 0.1) is 0 Å². The lowest BCUT2D eigenvalue weighted by Crippen LogP contribution is -2.25. The predicted molar refractivity (Wildman–Crippen MR) is 116 cm³/mol. The highest BCUT2D eigenvalue weighted by Crippen LogP contribution is 2.42. The number of amides is 1. The Hall–Kier alpha value is -3.45. The van der Waals surface area contributed by atoms with E-state index < -0.39 is 5.91 Å². The topological polar surface area (TPSA) is 82.6 Å². The monoisotopic (exact) mass is 419 g/mol. The van der Waals surface area contributed by atoms with Crippen molar-refractivity contribution in [2.75, 3.05) is 13.7 Å². The molecular formula is C24H25N3O4. The molecule has 0 spiro atoms. The number of hydroxylamine groups is 1. The number of nitrogens with zero attached hydrogens (tertiary/aromatic N) is 2. The third kappa shape index (κ3) is 5.19. The lowest BCUT2D eigenvalue weighted by molar-refractivity contribution is 0.0226. The summed E-state index contributed by atoms with van der Waals surface area (Å²) >= 11 is 0. The van der Waals surface area contributed by atoms with E-state index in [-0.39, 0.29) is 12.3 Å². The van der Waals surface area contributed by atoms with Gasteiger partial charge in [0.05, 0.1) is 31.8 Å². The van der Waals surface area contributed by atoms with Crippen molar-refractivity contribution in [2.24, 2.45) is 0 Å². The zero-order valence-electron chi connectivity index (χ0n) is 17.6. The number of nitrogens with one attached hydrogen (secondary N) is 1. The normalized spacial score (nSPS) is 13.0. The van der Waals surface area contributed by atoms with Crippen molar-refractivity contribution in [3.63, 3.8) is 0 Å². The molecule has 0 aliphatic heterocycles. The molecule has 0 radical (unpaired) electrons. The molecule has 3 aromatic rings. The molecule has 7 nitrogen and oxygen atoms in total. The van der Waals surface area contributed by atoms with Crippen LogP contribution in [0.4, 0.5) is 0 Å². The molecule has 0 saturated heterocycles. The molecule has 31 heavy (non-hydrogen) atoms. The Morgan fingerprint density at radius 3 is 2.58 bits per heavy atom. The van der Waals surface area contributed by atoms with Crippen molar-refractivity contribution >= 4 is 5.91 Å². The molecule has 1 aromatic heterocycles. The van der Waals surface area contributed by atoms with Gasteiger partial charge in [0.1, 0.15) is 23.8 Å². The van der Waals surface area contributed by atoms with Crippen molar-refractivity contribution in [3.05, 3.63) is 71.7 Å². The van der Waals surface area contributed by atoms with Gasteiger partial charge in [-0.15, -0.1) is 0 Å². The van der Waals surface area contributed by atoms with Gasteiger partial charge in [-0.2, -0.15) is 0 Å². The summed E-state index contributed by atoms with van der Waals surface area (Å²) < 4.78 is 10.8. The van der Waals surface area contributed by atoms with Crippen LogP contribution in [0.3, 0.4) is 0 Å². The van der Waals surface area contributed by atoms with Crippen molar-refractivity contribution < 1.29 is 19.1 Å². The molecule has 0 atom stereocenters. The number of carbonyl (C=O) groups excluding carboxylic acids is 1. The van der Waals surface area contributed by atoms with Gasteiger partial charge in [-0.1, -0.05) is 6.07 Å². The summed E-state index contributed by atoms with van der Waals surface area (Å²) in [6, 6.07) is 13.5. The Labute approximate surface area is 181 Å². The number of carbonyl (C=O) groups is 1. The van der Waals surface area contributed by atoms with Crippen molar-refractivity contribution in [2.45, 2.75) is 32.3 Å². The van der Waals surface area contributed by atoms with Gasteiger partial charge in [0.2, 0.25) is 0 Å². The van der Waals surface area contributed by atoms with E-state index >= 15 is 0 Å². The number of benzene rings is 2. The van der Waals surface area contributed by atoms with E-state index in [4.69, 9.17) is 14.3 Å². The molecule has 1 fully saturated rings. The largest absolute Gasteiger partial charge is 0.497 e. The first kappa shape index (κ1) is 20.8. The molecular weight excluding hydrogens is 394 g/mol. The van der Waals surface area contributed by atoms with Crippen molar-refractivity contribution in [3.8, 4) is 22.8 Å². The number of rotatable bonds is 9. The van der Waals surface area contributed by atoms with Crippen LogP contribution in [-0.4, -0.2) is 29.6 Å². The van der Waals surface area contributed by atoms with Crippen molar-refractivity contribution in [1.82, 2.24) is 15.4 Å². The minimum atomic E-state index is -0.448. The standard InChI is InChI=1S/C24H25N3O4/c1-3-30-19-8-6-17(7-9-19)22-13-25-14-23(26-22)24(28)27-31-15-18-12-20(29-2)10-11-21(18)16-4-5-16/h6-14,16H,3-5,15H2,1-2H3,(H,27,28). The SMILES string of the molecule is CCOc1ccc(-c2cncc(C(=O)NOCc3cc(OC)ccc3C3CC3)n2)cc1. The van der Waals surface area contributed by atoms with Crippen LogP contribution < -0.4 is 15.0 Å². The van der Waals surface area contributed by atoms with Crippen LogP contribution in [0.5, 0.6) is 11.5 Å². The molecule has 4 rings (SSSR count). The minimum absolute atomic E-state index is 0.180. The molecule has 160 valence electrons. The highest BCUT2D eigenvalue weighted by molar-refractivity contribution is 5.91. The van der Waals surface area contributed by atoms with Gasteiger partial charge >= 0.3 is 0 Å². The second-order valence-electron chi connectivity index (χ2n) is 7.31. The van der Waals surface area contributed by atoms with Crippen LogP contribution in [0.15, 0.2) is 54.9 Å². The van der Waals surface area contributed by atoms with Gasteiger partial charge in [0.15, 0.2) is 0 Å². The second-order valence-corrected chi connectivity index (χ2v) is 7.31. The second kappa shape index (κ2) is 9.57. The van der Waals surface area contributed by atoms with Gasteiger partial charge in [0.25, 0.3) is 5.91 Å². The number of aromatic nitrogens is 2. The summed E-state index contributed by atoms with van der Waals surface area (Å²) in [4.78, 5) is 26.6. The molecule has 1 aliphatic rings. The van der Waals surface area contributed by atoms with Gasteiger partial charge < -0.3 is 9.47 Å². The molecule has 1 amide bonds. The minimum Gasteiger partial charge on any atom is -0.497 e. The Kier molecular flexibility index (Phi) is 6.43. The van der Waals surface area contributed by atoms with E-state index in [0.29, 0.717) is 18.2 Å². The lowest BCUT2D eigenvalue weighted by Gasteiger charge is -2.12. The maximum absolute atomic E-state index is 12.5. The highest BCUT2D eigenvalue weighted by atomic mass is 16.6. The summed E-state index contributed by atoms with van der Waals surface area (Å²) in [6.07, 6.45) is 5.39. The van der Waals surface area contributed by atoms with Crippen LogP contribution in [-0.2, 0) is 11.4 Å². The highest BCUT2D eigenvalue weighted by Gasteiger charge is 2.26. The molecule has 1 aliphatic carbocycles. The summed E-state index contributed by atoms with van der Waals surface area (Å²) in [7, 11) is 1.63. The van der Waals surface area contributed by atoms with Crippen LogP contribution in [0.25, 0.3) is 11.3 Å². The molecule has 1 saturated carbocycles. The number of ether oxygens (including phenoxy) is 2. The number of hydrogen-bond donors (Lipinski definition) is 1. The average Bonchev–Trinajstić information content (AvgIpc) is 3.65. The first-order valence-electron chi connectivity index (χ1n) is 10.3. The van der Waals surface area contributed by atoms with Crippen LogP contribution in [0.1, 0.15) is 47.3 Å².